The Morgan fingerprint density at radius 2 is 2.32 bits per heavy atom. The molecule has 1 unspecified atom stereocenters. The SMILES string of the molecule is CCOC(=O)c1coc(NCC(C)(O)CN(C)C)n1. The van der Waals surface area contributed by atoms with Gasteiger partial charge in [0.05, 0.1) is 12.2 Å². The van der Waals surface area contributed by atoms with Crippen molar-refractivity contribution in [2.75, 3.05) is 39.1 Å². The second kappa shape index (κ2) is 6.53. The Morgan fingerprint density at radius 1 is 1.63 bits per heavy atom. The first kappa shape index (κ1) is 15.5. The Kier molecular flexibility index (Phi) is 5.31. The summed E-state index contributed by atoms with van der Waals surface area (Å²) in [6.45, 7) is 4.45. The van der Waals surface area contributed by atoms with Crippen LogP contribution in [0.15, 0.2) is 10.7 Å². The number of anilines is 1. The van der Waals surface area contributed by atoms with Gasteiger partial charge in [0.15, 0.2) is 5.69 Å². The lowest BCUT2D eigenvalue weighted by Gasteiger charge is -2.26. The van der Waals surface area contributed by atoms with Crippen molar-refractivity contribution in [1.29, 1.82) is 0 Å². The predicted octanol–water partition coefficient (Wildman–Crippen LogP) is 0.576. The molecular weight excluding hydrogens is 250 g/mol. The molecular formula is C12H21N3O4. The number of carbonyl (C=O) groups is 1. The Bertz CT molecular complexity index is 415. The molecule has 0 amide bonds. The quantitative estimate of drug-likeness (QED) is 0.701. The maximum Gasteiger partial charge on any atom is 0.360 e. The minimum Gasteiger partial charge on any atom is -0.461 e. The molecule has 0 aliphatic rings. The number of nitrogens with zero attached hydrogens (tertiary/aromatic N) is 2. The van der Waals surface area contributed by atoms with Gasteiger partial charge in [0.1, 0.15) is 6.26 Å². The van der Waals surface area contributed by atoms with Gasteiger partial charge in [0, 0.05) is 13.1 Å². The van der Waals surface area contributed by atoms with Gasteiger partial charge in [-0.15, -0.1) is 0 Å². The van der Waals surface area contributed by atoms with Crippen molar-refractivity contribution in [3.05, 3.63) is 12.0 Å². The summed E-state index contributed by atoms with van der Waals surface area (Å²) < 4.78 is 9.88. The van der Waals surface area contributed by atoms with E-state index in [-0.39, 0.29) is 24.9 Å². The molecule has 0 radical (unpaired) electrons. The van der Waals surface area contributed by atoms with E-state index in [9.17, 15) is 9.90 Å². The average Bonchev–Trinajstić information content (AvgIpc) is 2.74. The third kappa shape index (κ3) is 5.27. The molecule has 0 saturated heterocycles. The lowest BCUT2D eigenvalue weighted by Crippen LogP contribution is -2.43. The van der Waals surface area contributed by atoms with E-state index < -0.39 is 11.6 Å². The van der Waals surface area contributed by atoms with Crippen LogP contribution in [0.1, 0.15) is 24.3 Å². The highest BCUT2D eigenvalue weighted by Crippen LogP contribution is 2.11. The highest BCUT2D eigenvalue weighted by atomic mass is 16.5. The fourth-order valence-corrected chi connectivity index (χ4v) is 1.66. The predicted molar refractivity (Wildman–Crippen MR) is 70.1 cm³/mol. The molecule has 0 fully saturated rings. The van der Waals surface area contributed by atoms with E-state index in [1.54, 1.807) is 13.8 Å². The average molecular weight is 271 g/mol. The lowest BCUT2D eigenvalue weighted by molar-refractivity contribution is 0.0454. The number of nitrogens with one attached hydrogen (secondary N) is 1. The van der Waals surface area contributed by atoms with E-state index in [0.29, 0.717) is 6.54 Å². The molecule has 0 spiro atoms. The first-order valence-electron chi connectivity index (χ1n) is 6.07. The Morgan fingerprint density at radius 3 is 2.89 bits per heavy atom. The van der Waals surface area contributed by atoms with E-state index in [1.165, 1.54) is 6.26 Å². The molecule has 19 heavy (non-hydrogen) atoms. The molecule has 1 heterocycles. The maximum absolute atomic E-state index is 11.4. The fourth-order valence-electron chi connectivity index (χ4n) is 1.66. The molecule has 1 aromatic rings. The molecule has 0 aliphatic carbocycles. The van der Waals surface area contributed by atoms with Gasteiger partial charge < -0.3 is 24.5 Å². The zero-order valence-corrected chi connectivity index (χ0v) is 11.8. The van der Waals surface area contributed by atoms with Crippen molar-refractivity contribution in [2.45, 2.75) is 19.4 Å². The molecule has 7 nitrogen and oxygen atoms in total. The van der Waals surface area contributed by atoms with E-state index in [2.05, 4.69) is 10.3 Å². The summed E-state index contributed by atoms with van der Waals surface area (Å²) in [5.74, 6) is -0.528. The molecule has 0 aliphatic heterocycles. The number of esters is 1. The topological polar surface area (TPSA) is 87.8 Å². The lowest BCUT2D eigenvalue weighted by atomic mass is 10.1. The van der Waals surface area contributed by atoms with Crippen LogP contribution >= 0.6 is 0 Å². The summed E-state index contributed by atoms with van der Waals surface area (Å²) >= 11 is 0. The van der Waals surface area contributed by atoms with E-state index in [0.717, 1.165) is 0 Å². The molecule has 1 atom stereocenters. The number of rotatable bonds is 7. The van der Waals surface area contributed by atoms with Crippen LogP contribution in [0.4, 0.5) is 6.01 Å². The number of oxazole rings is 1. The Balaban J connectivity index is 2.52. The first-order chi connectivity index (χ1) is 8.84. The number of likely N-dealkylation sites (N-methyl/N-ethyl adjacent to an activating group) is 1. The molecule has 0 aromatic carbocycles. The van der Waals surface area contributed by atoms with E-state index in [4.69, 9.17) is 9.15 Å². The highest BCUT2D eigenvalue weighted by Gasteiger charge is 2.22. The number of ether oxygens (including phenoxy) is 1. The van der Waals surface area contributed by atoms with Crippen molar-refractivity contribution >= 4 is 12.0 Å². The standard InChI is InChI=1S/C12H21N3O4/c1-5-18-10(16)9-6-19-11(14-9)13-7-12(2,17)8-15(3)4/h6,17H,5,7-8H2,1-4H3,(H,13,14). The van der Waals surface area contributed by atoms with Gasteiger partial charge in [0.2, 0.25) is 0 Å². The summed E-state index contributed by atoms with van der Waals surface area (Å²) in [5, 5.41) is 12.9. The maximum atomic E-state index is 11.4. The Labute approximate surface area is 112 Å². The van der Waals surface area contributed by atoms with Crippen molar-refractivity contribution in [3.8, 4) is 0 Å². The zero-order valence-electron chi connectivity index (χ0n) is 11.8. The first-order valence-corrected chi connectivity index (χ1v) is 6.07. The number of aromatic nitrogens is 1. The third-order valence-electron chi connectivity index (χ3n) is 2.27. The smallest absolute Gasteiger partial charge is 0.360 e. The fraction of sp³-hybridized carbons (Fsp3) is 0.667. The Hall–Kier alpha value is -1.60. The van der Waals surface area contributed by atoms with E-state index >= 15 is 0 Å². The van der Waals surface area contributed by atoms with Crippen LogP contribution < -0.4 is 5.32 Å². The summed E-state index contributed by atoms with van der Waals surface area (Å²) in [6, 6.07) is 0.182. The van der Waals surface area contributed by atoms with Crippen LogP contribution in [0.25, 0.3) is 0 Å². The van der Waals surface area contributed by atoms with E-state index in [1.807, 2.05) is 19.0 Å². The molecule has 1 rings (SSSR count). The van der Waals surface area contributed by atoms with Gasteiger partial charge >= 0.3 is 5.97 Å². The van der Waals surface area contributed by atoms with Gasteiger partial charge in [-0.05, 0) is 27.9 Å². The number of carbonyl (C=O) groups excluding carboxylic acids is 1. The van der Waals surface area contributed by atoms with Crippen LogP contribution in [-0.4, -0.2) is 60.4 Å². The van der Waals surface area contributed by atoms with Gasteiger partial charge in [-0.3, -0.25) is 0 Å². The molecule has 0 saturated carbocycles. The van der Waals surface area contributed by atoms with Crippen molar-refractivity contribution in [2.24, 2.45) is 0 Å². The normalized spacial score (nSPS) is 14.2. The molecule has 7 heteroatoms. The van der Waals surface area contributed by atoms with Crippen LogP contribution in [-0.2, 0) is 4.74 Å². The molecule has 0 bridgehead atoms. The molecule has 108 valence electrons. The summed E-state index contributed by atoms with van der Waals surface area (Å²) in [6.07, 6.45) is 1.22. The van der Waals surface area contributed by atoms with Crippen LogP contribution in [0.2, 0.25) is 0 Å². The monoisotopic (exact) mass is 271 g/mol. The van der Waals surface area contributed by atoms with Crippen molar-refractivity contribution < 1.29 is 19.1 Å². The highest BCUT2D eigenvalue weighted by molar-refractivity contribution is 5.87. The largest absolute Gasteiger partial charge is 0.461 e. The number of hydrogen-bond donors (Lipinski definition) is 2. The van der Waals surface area contributed by atoms with Crippen LogP contribution in [0.5, 0.6) is 0 Å². The summed E-state index contributed by atoms with van der Waals surface area (Å²) in [4.78, 5) is 17.2. The minimum absolute atomic E-state index is 0.108. The van der Waals surface area contributed by atoms with Gasteiger partial charge in [-0.1, -0.05) is 0 Å². The number of aliphatic hydroxyl groups is 1. The third-order valence-corrected chi connectivity index (χ3v) is 2.27. The summed E-state index contributed by atoms with van der Waals surface area (Å²) in [7, 11) is 3.75. The van der Waals surface area contributed by atoms with Crippen molar-refractivity contribution in [3.63, 3.8) is 0 Å². The van der Waals surface area contributed by atoms with Gasteiger partial charge in [-0.2, -0.15) is 4.98 Å². The van der Waals surface area contributed by atoms with Gasteiger partial charge in [0.25, 0.3) is 6.01 Å². The molecule has 1 aromatic heterocycles. The second-order valence-electron chi connectivity index (χ2n) is 4.85. The van der Waals surface area contributed by atoms with Crippen LogP contribution in [0, 0.1) is 0 Å². The summed E-state index contributed by atoms with van der Waals surface area (Å²) in [5.41, 5.74) is -0.821. The van der Waals surface area contributed by atoms with Gasteiger partial charge in [-0.25, -0.2) is 4.79 Å². The van der Waals surface area contributed by atoms with Crippen molar-refractivity contribution in [1.82, 2.24) is 9.88 Å². The zero-order chi connectivity index (χ0) is 14.5. The minimum atomic E-state index is -0.929. The second-order valence-corrected chi connectivity index (χ2v) is 4.85. The number of hydrogen-bond acceptors (Lipinski definition) is 7. The van der Waals surface area contributed by atoms with Crippen LogP contribution in [0.3, 0.4) is 0 Å². The molecule has 2 N–H and O–H groups in total.